The van der Waals surface area contributed by atoms with Crippen LogP contribution in [0.3, 0.4) is 0 Å². The van der Waals surface area contributed by atoms with Gasteiger partial charge in [0.25, 0.3) is 0 Å². The van der Waals surface area contributed by atoms with Crippen molar-refractivity contribution in [1.82, 2.24) is 24.8 Å². The number of fused-ring (bicyclic) bond motifs is 6. The number of hydrogen-bond donors (Lipinski definition) is 1. The van der Waals surface area contributed by atoms with Gasteiger partial charge in [-0.15, -0.1) is 0 Å². The van der Waals surface area contributed by atoms with Crippen molar-refractivity contribution in [3.05, 3.63) is 217 Å². The second-order valence-corrected chi connectivity index (χ2v) is 15.3. The van der Waals surface area contributed by atoms with E-state index in [1.165, 1.54) is 0 Å². The molecule has 3 aromatic heterocycles. The Morgan fingerprint density at radius 3 is 1.79 bits per heavy atom. The summed E-state index contributed by atoms with van der Waals surface area (Å²) in [6.07, 6.45) is -0.397. The van der Waals surface area contributed by atoms with Crippen molar-refractivity contribution in [3.8, 4) is 39.9 Å². The van der Waals surface area contributed by atoms with Crippen LogP contribution < -0.4 is 5.32 Å². The Labute approximate surface area is 356 Å². The van der Waals surface area contributed by atoms with E-state index in [0.29, 0.717) is 23.3 Å². The predicted molar refractivity (Wildman–Crippen MR) is 250 cm³/mol. The van der Waals surface area contributed by atoms with Gasteiger partial charge in [-0.1, -0.05) is 164 Å². The molecule has 1 aliphatic heterocycles. The first kappa shape index (κ1) is 35.5. The summed E-state index contributed by atoms with van der Waals surface area (Å²) >= 11 is 0. The van der Waals surface area contributed by atoms with Gasteiger partial charge in [-0.05, 0) is 42.0 Å². The van der Waals surface area contributed by atoms with Crippen molar-refractivity contribution in [2.75, 3.05) is 0 Å². The third-order valence-electron chi connectivity index (χ3n) is 11.5. The Kier molecular flexibility index (Phi) is 8.38. The van der Waals surface area contributed by atoms with Crippen LogP contribution in [0, 0.1) is 0 Å². The molecule has 0 saturated heterocycles. The predicted octanol–water partition coefficient (Wildman–Crippen LogP) is 12.4. The van der Waals surface area contributed by atoms with Gasteiger partial charge in [0.2, 0.25) is 0 Å². The van der Waals surface area contributed by atoms with E-state index in [1.807, 2.05) is 109 Å². The molecule has 62 heavy (non-hydrogen) atoms. The van der Waals surface area contributed by atoms with E-state index in [9.17, 15) is 0 Å². The van der Waals surface area contributed by atoms with Gasteiger partial charge in [0.05, 0.1) is 16.7 Å². The number of aliphatic imine (C=N–C) groups is 2. The average Bonchev–Trinajstić information content (AvgIpc) is 3.90. The number of furan rings is 1. The fourth-order valence-corrected chi connectivity index (χ4v) is 8.65. The molecule has 8 aromatic carbocycles. The molecule has 0 amide bonds. The minimum Gasteiger partial charge on any atom is -0.456 e. The molecular weight excluding hydrogens is 763 g/mol. The van der Waals surface area contributed by atoms with Crippen LogP contribution in [-0.2, 0) is 0 Å². The lowest BCUT2D eigenvalue weighted by atomic mass is 10.0. The molecule has 0 bridgehead atoms. The molecule has 0 radical (unpaired) electrons. The summed E-state index contributed by atoms with van der Waals surface area (Å²) in [5, 5.41) is 7.98. The quantitative estimate of drug-likeness (QED) is 0.173. The second kappa shape index (κ2) is 14.7. The van der Waals surface area contributed by atoms with Gasteiger partial charge < -0.3 is 14.3 Å². The Bertz CT molecular complexity index is 3500. The van der Waals surface area contributed by atoms with Gasteiger partial charge in [0.15, 0.2) is 23.3 Å². The van der Waals surface area contributed by atoms with E-state index in [4.69, 9.17) is 29.4 Å². The highest BCUT2D eigenvalue weighted by Gasteiger charge is 2.26. The van der Waals surface area contributed by atoms with Crippen LogP contribution in [0.2, 0.25) is 0 Å². The lowest BCUT2D eigenvalue weighted by Crippen LogP contribution is -2.33. The fraction of sp³-hybridized carbons (Fsp3) is 0.0185. The van der Waals surface area contributed by atoms with E-state index in [-0.39, 0.29) is 0 Å². The molecule has 12 rings (SSSR count). The van der Waals surface area contributed by atoms with Gasteiger partial charge >= 0.3 is 0 Å². The van der Waals surface area contributed by atoms with E-state index >= 15 is 0 Å². The van der Waals surface area contributed by atoms with Gasteiger partial charge in [0.1, 0.15) is 23.2 Å². The molecule has 8 heteroatoms. The van der Waals surface area contributed by atoms with Crippen molar-refractivity contribution in [2.45, 2.75) is 6.17 Å². The highest BCUT2D eigenvalue weighted by atomic mass is 16.3. The smallest absolute Gasteiger partial charge is 0.164 e. The molecule has 292 valence electrons. The highest BCUT2D eigenvalue weighted by molar-refractivity contribution is 6.22. The van der Waals surface area contributed by atoms with Gasteiger partial charge in [0, 0.05) is 49.4 Å². The van der Waals surface area contributed by atoms with Crippen molar-refractivity contribution in [3.63, 3.8) is 0 Å². The molecular formula is C54H35N7O. The van der Waals surface area contributed by atoms with E-state index in [0.717, 1.165) is 88.6 Å². The molecule has 1 aliphatic rings. The molecule has 1 unspecified atom stereocenters. The summed E-state index contributed by atoms with van der Waals surface area (Å²) in [4.78, 5) is 25.8. The average molecular weight is 798 g/mol. The zero-order valence-electron chi connectivity index (χ0n) is 33.2. The largest absolute Gasteiger partial charge is 0.456 e. The molecule has 8 nitrogen and oxygen atoms in total. The number of para-hydroxylation sites is 3. The van der Waals surface area contributed by atoms with Crippen molar-refractivity contribution in [2.24, 2.45) is 9.98 Å². The maximum Gasteiger partial charge on any atom is 0.164 e. The Hall–Kier alpha value is -8.49. The third-order valence-corrected chi connectivity index (χ3v) is 11.5. The maximum atomic E-state index is 6.33. The summed E-state index contributed by atoms with van der Waals surface area (Å²) in [5.74, 6) is 3.16. The molecule has 0 spiro atoms. The van der Waals surface area contributed by atoms with E-state index < -0.39 is 6.17 Å². The first-order valence-corrected chi connectivity index (χ1v) is 20.6. The zero-order valence-corrected chi connectivity index (χ0v) is 33.2. The molecule has 11 aromatic rings. The molecule has 0 aliphatic carbocycles. The van der Waals surface area contributed by atoms with Crippen LogP contribution in [0.4, 0.5) is 0 Å². The molecule has 0 fully saturated rings. The van der Waals surface area contributed by atoms with Gasteiger partial charge in [-0.25, -0.2) is 24.9 Å². The first-order valence-electron chi connectivity index (χ1n) is 20.6. The molecule has 1 atom stereocenters. The van der Waals surface area contributed by atoms with Crippen molar-refractivity contribution in [1.29, 1.82) is 0 Å². The standard InChI is InChI=1S/C54H35N7O/c1-4-17-34(18-5-1)49-55-50(35-19-6-2-7-20-35)57-52(56-49)37-31-32-39-38-23-10-13-27-43(38)61(45(39)33-37)44-28-14-11-24-40(44)53-58-51(36-21-8-3-9-22-36)59-54(60-53)42-26-16-30-47-48(42)41-25-12-15-29-46(41)62-47/h1-33,51H,(H,58,59,60). The number of amidine groups is 2. The normalized spacial score (nSPS) is 14.0. The number of nitrogens with one attached hydrogen (secondary N) is 1. The summed E-state index contributed by atoms with van der Waals surface area (Å²) in [6, 6.07) is 68.2. The Morgan fingerprint density at radius 2 is 1.03 bits per heavy atom. The fourth-order valence-electron chi connectivity index (χ4n) is 8.65. The van der Waals surface area contributed by atoms with Crippen LogP contribution in [0.5, 0.6) is 0 Å². The second-order valence-electron chi connectivity index (χ2n) is 15.3. The number of hydrogen-bond acceptors (Lipinski definition) is 7. The summed E-state index contributed by atoms with van der Waals surface area (Å²) < 4.78 is 8.65. The zero-order chi connectivity index (χ0) is 41.0. The van der Waals surface area contributed by atoms with Crippen molar-refractivity contribution < 1.29 is 4.42 Å². The maximum absolute atomic E-state index is 6.33. The summed E-state index contributed by atoms with van der Waals surface area (Å²) in [6.45, 7) is 0. The van der Waals surface area contributed by atoms with Crippen LogP contribution >= 0.6 is 0 Å². The topological polar surface area (TPSA) is 93.5 Å². The van der Waals surface area contributed by atoms with Crippen LogP contribution in [-0.4, -0.2) is 31.2 Å². The highest BCUT2D eigenvalue weighted by Crippen LogP contribution is 2.38. The lowest BCUT2D eigenvalue weighted by molar-refractivity contribution is 0.667. The minimum absolute atomic E-state index is 0.397. The molecule has 4 heterocycles. The van der Waals surface area contributed by atoms with Crippen LogP contribution in [0.15, 0.2) is 215 Å². The molecule has 1 N–H and O–H groups in total. The number of nitrogens with zero attached hydrogens (tertiary/aromatic N) is 6. The van der Waals surface area contributed by atoms with Gasteiger partial charge in [-0.2, -0.15) is 0 Å². The first-order chi connectivity index (χ1) is 30.7. The monoisotopic (exact) mass is 797 g/mol. The Balaban J connectivity index is 1.06. The minimum atomic E-state index is -0.397. The number of benzene rings is 8. The molecule has 0 saturated carbocycles. The Morgan fingerprint density at radius 1 is 0.452 bits per heavy atom. The summed E-state index contributed by atoms with van der Waals surface area (Å²) in [5.41, 5.74) is 10.2. The van der Waals surface area contributed by atoms with Crippen LogP contribution in [0.25, 0.3) is 83.6 Å². The number of rotatable bonds is 7. The third kappa shape index (κ3) is 6.04. The van der Waals surface area contributed by atoms with Crippen LogP contribution in [0.1, 0.15) is 22.9 Å². The summed E-state index contributed by atoms with van der Waals surface area (Å²) in [7, 11) is 0. The number of aromatic nitrogens is 4. The van der Waals surface area contributed by atoms with E-state index in [1.54, 1.807) is 0 Å². The SMILES string of the molecule is c1ccc(-c2nc(-c3ccccc3)nc(-c3ccc4c5ccccc5n(-c5ccccc5C5=NC(c6ccccc6)NC(c6cccc7oc8ccccc8c67)=N5)c4c3)n2)cc1. The van der Waals surface area contributed by atoms with Gasteiger partial charge in [-0.3, -0.25) is 0 Å². The van der Waals surface area contributed by atoms with E-state index in [2.05, 4.69) is 101 Å². The lowest BCUT2D eigenvalue weighted by Gasteiger charge is -2.25. The van der Waals surface area contributed by atoms with Crippen molar-refractivity contribution >= 4 is 55.4 Å².